The van der Waals surface area contributed by atoms with Crippen LogP contribution in [0.2, 0.25) is 0 Å². The molecule has 0 fully saturated rings. The Labute approximate surface area is 136 Å². The maximum atomic E-state index is 12.2. The van der Waals surface area contributed by atoms with Crippen LogP contribution in [0, 0.1) is 0 Å². The van der Waals surface area contributed by atoms with Crippen LogP contribution in [0.4, 0.5) is 11.4 Å². The molecule has 0 atom stereocenters. The zero-order valence-corrected chi connectivity index (χ0v) is 13.5. The normalized spacial score (nSPS) is 16.0. The first-order valence-corrected chi connectivity index (χ1v) is 7.50. The second-order valence-corrected chi connectivity index (χ2v) is 5.65. The highest BCUT2D eigenvalue weighted by Gasteiger charge is 2.27. The first kappa shape index (κ1) is 15.0. The van der Waals surface area contributed by atoms with Crippen molar-refractivity contribution in [2.24, 2.45) is 4.99 Å². The van der Waals surface area contributed by atoms with Crippen LogP contribution in [-0.4, -0.2) is 25.8 Å². The fourth-order valence-corrected chi connectivity index (χ4v) is 2.58. The molecule has 23 heavy (non-hydrogen) atoms. The molecule has 1 amide bonds. The molecule has 2 aromatic rings. The van der Waals surface area contributed by atoms with Gasteiger partial charge in [-0.25, -0.2) is 0 Å². The zero-order chi connectivity index (χ0) is 16.4. The van der Waals surface area contributed by atoms with Crippen molar-refractivity contribution < 1.29 is 4.79 Å². The van der Waals surface area contributed by atoms with Gasteiger partial charge in [0.1, 0.15) is 11.5 Å². The number of amidine groups is 1. The fraction of sp³-hybridized carbons (Fsp3) is 0.158. The first-order valence-electron chi connectivity index (χ1n) is 7.50. The highest BCUT2D eigenvalue weighted by Crippen LogP contribution is 2.27. The number of carbonyl (C=O) groups is 1. The molecule has 0 saturated heterocycles. The Hall–Kier alpha value is -2.88. The van der Waals surface area contributed by atoms with Gasteiger partial charge in [0.25, 0.3) is 5.91 Å². The summed E-state index contributed by atoms with van der Waals surface area (Å²) in [6.45, 7) is 1.85. The molecule has 2 aromatic carbocycles. The standard InChI is InChI=1S/C19H19N3O/c1-14-20-19(23)18(22(14)17-7-5-4-6-8-17)13-15-9-11-16(12-10-15)21(2)3/h4-13H,1-3H3. The van der Waals surface area contributed by atoms with Gasteiger partial charge in [0.2, 0.25) is 0 Å². The van der Waals surface area contributed by atoms with Crippen LogP contribution in [0.1, 0.15) is 12.5 Å². The minimum absolute atomic E-state index is 0.206. The first-order chi connectivity index (χ1) is 11.1. The average Bonchev–Trinajstić information content (AvgIpc) is 2.82. The van der Waals surface area contributed by atoms with E-state index in [1.807, 2.05) is 91.5 Å². The van der Waals surface area contributed by atoms with E-state index >= 15 is 0 Å². The second kappa shape index (κ2) is 6.08. The van der Waals surface area contributed by atoms with Crippen LogP contribution in [0.3, 0.4) is 0 Å². The number of carbonyl (C=O) groups excluding carboxylic acids is 1. The number of hydrogen-bond donors (Lipinski definition) is 0. The van der Waals surface area contributed by atoms with Gasteiger partial charge >= 0.3 is 0 Å². The summed E-state index contributed by atoms with van der Waals surface area (Å²) in [7, 11) is 4.00. The van der Waals surface area contributed by atoms with E-state index in [9.17, 15) is 4.79 Å². The number of aliphatic imine (C=N–C) groups is 1. The summed E-state index contributed by atoms with van der Waals surface area (Å²) in [5.74, 6) is 0.486. The van der Waals surface area contributed by atoms with Gasteiger partial charge in [-0.15, -0.1) is 0 Å². The van der Waals surface area contributed by atoms with E-state index in [-0.39, 0.29) is 5.91 Å². The summed E-state index contributed by atoms with van der Waals surface area (Å²) < 4.78 is 0. The number of benzene rings is 2. The highest BCUT2D eigenvalue weighted by atomic mass is 16.2. The molecule has 0 aliphatic carbocycles. The van der Waals surface area contributed by atoms with Crippen LogP contribution in [0.15, 0.2) is 65.3 Å². The minimum Gasteiger partial charge on any atom is -0.378 e. The third-order valence-electron chi connectivity index (χ3n) is 3.77. The molecule has 116 valence electrons. The largest absolute Gasteiger partial charge is 0.378 e. The lowest BCUT2D eigenvalue weighted by molar-refractivity contribution is -0.113. The van der Waals surface area contributed by atoms with Crippen molar-refractivity contribution in [3.8, 4) is 0 Å². The van der Waals surface area contributed by atoms with E-state index in [1.54, 1.807) is 0 Å². The molecule has 3 rings (SSSR count). The van der Waals surface area contributed by atoms with Gasteiger partial charge in [-0.2, -0.15) is 4.99 Å². The van der Waals surface area contributed by atoms with Gasteiger partial charge in [0.05, 0.1) is 0 Å². The van der Waals surface area contributed by atoms with Gasteiger partial charge in [0, 0.05) is 25.5 Å². The second-order valence-electron chi connectivity index (χ2n) is 5.65. The smallest absolute Gasteiger partial charge is 0.295 e. The Morgan fingerprint density at radius 2 is 1.65 bits per heavy atom. The minimum atomic E-state index is -0.206. The monoisotopic (exact) mass is 305 g/mol. The SMILES string of the molecule is CC1=NC(=O)C(=Cc2ccc(N(C)C)cc2)N1c1ccccc1. The van der Waals surface area contributed by atoms with E-state index in [0.717, 1.165) is 16.9 Å². The topological polar surface area (TPSA) is 35.9 Å². The van der Waals surface area contributed by atoms with E-state index in [4.69, 9.17) is 0 Å². The summed E-state index contributed by atoms with van der Waals surface area (Å²) >= 11 is 0. The molecule has 0 spiro atoms. The van der Waals surface area contributed by atoms with Crippen molar-refractivity contribution in [3.63, 3.8) is 0 Å². The predicted molar refractivity (Wildman–Crippen MR) is 95.8 cm³/mol. The zero-order valence-electron chi connectivity index (χ0n) is 13.5. The molecule has 0 radical (unpaired) electrons. The lowest BCUT2D eigenvalue weighted by Gasteiger charge is -2.19. The summed E-state index contributed by atoms with van der Waals surface area (Å²) in [6.07, 6.45) is 1.88. The molecule has 0 unspecified atom stereocenters. The van der Waals surface area contributed by atoms with Crippen molar-refractivity contribution in [1.82, 2.24) is 0 Å². The molecule has 0 saturated carbocycles. The van der Waals surface area contributed by atoms with Crippen molar-refractivity contribution in [3.05, 3.63) is 65.9 Å². The van der Waals surface area contributed by atoms with Crippen LogP contribution in [-0.2, 0) is 4.79 Å². The Morgan fingerprint density at radius 1 is 1.00 bits per heavy atom. The number of amides is 1. The van der Waals surface area contributed by atoms with Gasteiger partial charge in [0.15, 0.2) is 0 Å². The van der Waals surface area contributed by atoms with E-state index < -0.39 is 0 Å². The van der Waals surface area contributed by atoms with E-state index in [1.165, 1.54) is 0 Å². The third kappa shape index (κ3) is 3.01. The molecule has 4 nitrogen and oxygen atoms in total. The third-order valence-corrected chi connectivity index (χ3v) is 3.77. The Balaban J connectivity index is 1.97. The van der Waals surface area contributed by atoms with Crippen molar-refractivity contribution >= 4 is 29.2 Å². The molecule has 0 N–H and O–H groups in total. The Morgan fingerprint density at radius 3 is 2.26 bits per heavy atom. The number of para-hydroxylation sites is 1. The molecule has 0 bridgehead atoms. The van der Waals surface area contributed by atoms with Crippen molar-refractivity contribution in [2.75, 3.05) is 23.9 Å². The van der Waals surface area contributed by atoms with Crippen LogP contribution in [0.5, 0.6) is 0 Å². The maximum Gasteiger partial charge on any atom is 0.295 e. The number of hydrogen-bond acceptors (Lipinski definition) is 3. The number of anilines is 2. The Kier molecular flexibility index (Phi) is 3.98. The van der Waals surface area contributed by atoms with Gasteiger partial charge in [-0.1, -0.05) is 30.3 Å². The number of nitrogens with zero attached hydrogens (tertiary/aromatic N) is 3. The average molecular weight is 305 g/mol. The van der Waals surface area contributed by atoms with E-state index in [2.05, 4.69) is 4.99 Å². The summed E-state index contributed by atoms with van der Waals surface area (Å²) in [6, 6.07) is 17.9. The summed E-state index contributed by atoms with van der Waals surface area (Å²) in [5.41, 5.74) is 3.61. The molecular formula is C19H19N3O. The van der Waals surface area contributed by atoms with Gasteiger partial charge < -0.3 is 4.90 Å². The maximum absolute atomic E-state index is 12.2. The van der Waals surface area contributed by atoms with E-state index in [0.29, 0.717) is 11.5 Å². The van der Waals surface area contributed by atoms with Crippen molar-refractivity contribution in [2.45, 2.75) is 6.92 Å². The Bertz CT molecular complexity index is 774. The molecule has 1 aliphatic heterocycles. The molecule has 1 aliphatic rings. The number of rotatable bonds is 3. The molecule has 0 aromatic heterocycles. The predicted octanol–water partition coefficient (Wildman–Crippen LogP) is 3.56. The quantitative estimate of drug-likeness (QED) is 0.814. The molecule has 1 heterocycles. The highest BCUT2D eigenvalue weighted by molar-refractivity contribution is 6.22. The molecule has 4 heteroatoms. The fourth-order valence-electron chi connectivity index (χ4n) is 2.58. The van der Waals surface area contributed by atoms with Crippen molar-refractivity contribution in [1.29, 1.82) is 0 Å². The van der Waals surface area contributed by atoms with Crippen LogP contribution >= 0.6 is 0 Å². The molecular weight excluding hydrogens is 286 g/mol. The van der Waals surface area contributed by atoms with Gasteiger partial charge in [-0.3, -0.25) is 9.69 Å². The lowest BCUT2D eigenvalue weighted by Crippen LogP contribution is -2.24. The summed E-state index contributed by atoms with van der Waals surface area (Å²) in [5, 5.41) is 0. The lowest BCUT2D eigenvalue weighted by atomic mass is 10.1. The summed E-state index contributed by atoms with van der Waals surface area (Å²) in [4.78, 5) is 20.3. The van der Waals surface area contributed by atoms with Crippen LogP contribution < -0.4 is 9.80 Å². The van der Waals surface area contributed by atoms with Crippen LogP contribution in [0.25, 0.3) is 6.08 Å². The van der Waals surface area contributed by atoms with Gasteiger partial charge in [-0.05, 0) is 42.8 Å².